The first-order valence-electron chi connectivity index (χ1n) is 10.3. The Hall–Kier alpha value is -3.76. The predicted molar refractivity (Wildman–Crippen MR) is 128 cm³/mol. The number of amides is 1. The van der Waals surface area contributed by atoms with Crippen molar-refractivity contribution in [3.63, 3.8) is 0 Å². The lowest BCUT2D eigenvalue weighted by Crippen LogP contribution is -2.20. The normalized spacial score (nSPS) is 10.8. The highest BCUT2D eigenvalue weighted by Gasteiger charge is 2.12. The second-order valence-electron chi connectivity index (χ2n) is 7.07. The minimum Gasteiger partial charge on any atom is -0.484 e. The molecule has 4 rings (SSSR count). The van der Waals surface area contributed by atoms with E-state index in [1.54, 1.807) is 36.4 Å². The molecule has 34 heavy (non-hydrogen) atoms. The SMILES string of the molecule is CCc1nn2c(=O)cc(COC(=O)c3ccc(NC(=O)COc4ccc(Cl)cc4)cc3)nc2s1. The zero-order chi connectivity index (χ0) is 24.1. The van der Waals surface area contributed by atoms with Crippen molar-refractivity contribution in [1.82, 2.24) is 14.6 Å². The summed E-state index contributed by atoms with van der Waals surface area (Å²) in [4.78, 5) is 41.4. The Morgan fingerprint density at radius 1 is 1.12 bits per heavy atom. The average molecular weight is 499 g/mol. The zero-order valence-corrected chi connectivity index (χ0v) is 19.6. The van der Waals surface area contributed by atoms with Gasteiger partial charge in [0, 0.05) is 16.8 Å². The highest BCUT2D eigenvalue weighted by Crippen LogP contribution is 2.16. The Bertz CT molecular complexity index is 1380. The Labute approximate surface area is 202 Å². The highest BCUT2D eigenvalue weighted by atomic mass is 35.5. The lowest BCUT2D eigenvalue weighted by molar-refractivity contribution is -0.118. The van der Waals surface area contributed by atoms with Crippen molar-refractivity contribution in [2.75, 3.05) is 11.9 Å². The predicted octanol–water partition coefficient (Wildman–Crippen LogP) is 3.74. The minimum absolute atomic E-state index is 0.148. The van der Waals surface area contributed by atoms with Gasteiger partial charge in [0.05, 0.1) is 11.3 Å². The minimum atomic E-state index is -0.579. The summed E-state index contributed by atoms with van der Waals surface area (Å²) in [6.45, 7) is 1.62. The number of carbonyl (C=O) groups is 2. The summed E-state index contributed by atoms with van der Waals surface area (Å²) < 4.78 is 11.9. The molecule has 0 aliphatic rings. The summed E-state index contributed by atoms with van der Waals surface area (Å²) in [5, 5.41) is 8.24. The monoisotopic (exact) mass is 498 g/mol. The molecule has 0 saturated heterocycles. The average Bonchev–Trinajstić information content (AvgIpc) is 3.27. The van der Waals surface area contributed by atoms with Crippen LogP contribution in [0, 0.1) is 0 Å². The first kappa shape index (κ1) is 23.4. The van der Waals surface area contributed by atoms with Gasteiger partial charge in [-0.15, -0.1) is 0 Å². The van der Waals surface area contributed by atoms with Crippen molar-refractivity contribution in [3.8, 4) is 5.75 Å². The number of aryl methyl sites for hydroxylation is 1. The molecular formula is C23H19ClN4O5S. The largest absolute Gasteiger partial charge is 0.484 e. The van der Waals surface area contributed by atoms with E-state index in [0.717, 1.165) is 5.01 Å². The van der Waals surface area contributed by atoms with Gasteiger partial charge in [-0.1, -0.05) is 29.9 Å². The fourth-order valence-corrected chi connectivity index (χ4v) is 3.89. The molecule has 11 heteroatoms. The number of hydrogen-bond donors (Lipinski definition) is 1. The standard InChI is InChI=1S/C23H19ClN4O5S/c1-2-20-27-28-21(30)11-17(26-23(28)34-20)12-33-22(31)14-3-7-16(8-4-14)25-19(29)13-32-18-9-5-15(24)6-10-18/h3-11H,2,12-13H2,1H3,(H,25,29). The van der Waals surface area contributed by atoms with E-state index >= 15 is 0 Å². The molecule has 0 aliphatic heterocycles. The summed E-state index contributed by atoms with van der Waals surface area (Å²) in [6, 6.07) is 14.2. The number of rotatable bonds is 8. The molecule has 0 radical (unpaired) electrons. The van der Waals surface area contributed by atoms with Crippen LogP contribution in [0.2, 0.25) is 5.02 Å². The van der Waals surface area contributed by atoms with Crippen LogP contribution in [0.15, 0.2) is 59.4 Å². The number of esters is 1. The van der Waals surface area contributed by atoms with Crippen LogP contribution >= 0.6 is 22.9 Å². The van der Waals surface area contributed by atoms with Gasteiger partial charge in [-0.25, -0.2) is 9.78 Å². The Morgan fingerprint density at radius 2 is 1.85 bits per heavy atom. The lowest BCUT2D eigenvalue weighted by Gasteiger charge is -2.08. The number of nitrogens with one attached hydrogen (secondary N) is 1. The smallest absolute Gasteiger partial charge is 0.338 e. The second kappa shape index (κ2) is 10.4. The van der Waals surface area contributed by atoms with Gasteiger partial charge >= 0.3 is 5.97 Å². The molecule has 2 aromatic heterocycles. The van der Waals surface area contributed by atoms with Crippen LogP contribution in [-0.2, 0) is 22.6 Å². The third-order valence-electron chi connectivity index (χ3n) is 4.58. The number of ether oxygens (including phenoxy) is 2. The topological polar surface area (TPSA) is 112 Å². The van der Waals surface area contributed by atoms with Gasteiger partial charge in [-0.05, 0) is 55.0 Å². The number of nitrogens with zero attached hydrogens (tertiary/aromatic N) is 3. The summed E-state index contributed by atoms with van der Waals surface area (Å²) in [5.41, 5.74) is 0.805. The molecule has 9 nitrogen and oxygen atoms in total. The Balaban J connectivity index is 1.30. The van der Waals surface area contributed by atoms with E-state index in [2.05, 4.69) is 15.4 Å². The molecule has 0 fully saturated rings. The lowest BCUT2D eigenvalue weighted by atomic mass is 10.2. The van der Waals surface area contributed by atoms with E-state index in [9.17, 15) is 14.4 Å². The number of carbonyl (C=O) groups excluding carboxylic acids is 2. The molecule has 0 atom stereocenters. The van der Waals surface area contributed by atoms with Gasteiger partial charge < -0.3 is 14.8 Å². The maximum absolute atomic E-state index is 12.4. The number of aromatic nitrogens is 3. The number of fused-ring (bicyclic) bond motifs is 1. The van der Waals surface area contributed by atoms with Crippen molar-refractivity contribution in [2.24, 2.45) is 0 Å². The van der Waals surface area contributed by atoms with Crippen LogP contribution in [-0.4, -0.2) is 33.1 Å². The zero-order valence-electron chi connectivity index (χ0n) is 18.0. The molecule has 0 spiro atoms. The molecule has 2 aromatic carbocycles. The van der Waals surface area contributed by atoms with Crippen LogP contribution in [0.25, 0.3) is 4.96 Å². The summed E-state index contributed by atoms with van der Waals surface area (Å²) in [7, 11) is 0. The number of anilines is 1. The van der Waals surface area contributed by atoms with E-state index < -0.39 is 5.97 Å². The van der Waals surface area contributed by atoms with Crippen LogP contribution in [0.5, 0.6) is 5.75 Å². The first-order valence-corrected chi connectivity index (χ1v) is 11.4. The van der Waals surface area contributed by atoms with Crippen molar-refractivity contribution < 1.29 is 19.1 Å². The number of hydrogen-bond acceptors (Lipinski definition) is 8. The molecule has 1 N–H and O–H groups in total. The second-order valence-corrected chi connectivity index (χ2v) is 8.55. The van der Waals surface area contributed by atoms with Crippen LogP contribution in [0.3, 0.4) is 0 Å². The van der Waals surface area contributed by atoms with Crippen LogP contribution in [0.4, 0.5) is 5.69 Å². The third-order valence-corrected chi connectivity index (χ3v) is 5.89. The molecule has 174 valence electrons. The molecule has 0 unspecified atom stereocenters. The van der Waals surface area contributed by atoms with Gasteiger partial charge in [-0.3, -0.25) is 9.59 Å². The Morgan fingerprint density at radius 3 is 2.56 bits per heavy atom. The van der Waals surface area contributed by atoms with Gasteiger partial charge in [0.15, 0.2) is 6.61 Å². The summed E-state index contributed by atoms with van der Waals surface area (Å²) in [6.07, 6.45) is 0.698. The molecule has 4 aromatic rings. The van der Waals surface area contributed by atoms with Crippen LogP contribution < -0.4 is 15.6 Å². The number of benzene rings is 2. The van der Waals surface area contributed by atoms with Gasteiger partial charge in [0.2, 0.25) is 4.96 Å². The van der Waals surface area contributed by atoms with E-state index in [-0.39, 0.29) is 24.7 Å². The fourth-order valence-electron chi connectivity index (χ4n) is 2.90. The van der Waals surface area contributed by atoms with E-state index in [1.165, 1.54) is 34.1 Å². The molecule has 1 amide bonds. The molecule has 2 heterocycles. The van der Waals surface area contributed by atoms with Crippen molar-refractivity contribution >= 4 is 45.5 Å². The maximum atomic E-state index is 12.4. The van der Waals surface area contributed by atoms with Crippen LogP contribution in [0.1, 0.15) is 28.0 Å². The molecule has 0 bridgehead atoms. The first-order chi connectivity index (χ1) is 16.4. The van der Waals surface area contributed by atoms with E-state index in [1.807, 2.05) is 6.92 Å². The van der Waals surface area contributed by atoms with Crippen molar-refractivity contribution in [2.45, 2.75) is 20.0 Å². The van der Waals surface area contributed by atoms with Crippen molar-refractivity contribution in [3.05, 3.63) is 86.2 Å². The van der Waals surface area contributed by atoms with E-state index in [4.69, 9.17) is 21.1 Å². The van der Waals surface area contributed by atoms with Gasteiger partial charge in [0.25, 0.3) is 11.5 Å². The number of halogens is 1. The van der Waals surface area contributed by atoms with E-state index in [0.29, 0.717) is 39.1 Å². The summed E-state index contributed by atoms with van der Waals surface area (Å²) in [5.74, 6) is -0.410. The molecular weight excluding hydrogens is 480 g/mol. The third kappa shape index (κ3) is 5.77. The highest BCUT2D eigenvalue weighted by molar-refractivity contribution is 7.16. The quantitative estimate of drug-likeness (QED) is 0.368. The molecule has 0 aliphatic carbocycles. The summed E-state index contributed by atoms with van der Waals surface area (Å²) >= 11 is 7.13. The molecule has 0 saturated carbocycles. The maximum Gasteiger partial charge on any atom is 0.338 e. The van der Waals surface area contributed by atoms with Gasteiger partial charge in [-0.2, -0.15) is 9.61 Å². The van der Waals surface area contributed by atoms with Gasteiger partial charge in [0.1, 0.15) is 17.4 Å². The fraction of sp³-hybridized carbons (Fsp3) is 0.174. The Kier molecular flexibility index (Phi) is 7.19. The van der Waals surface area contributed by atoms with Crippen molar-refractivity contribution in [1.29, 1.82) is 0 Å².